The Morgan fingerprint density at radius 2 is 2.05 bits per heavy atom. The Bertz CT molecular complexity index is 821. The molecule has 1 unspecified atom stereocenters. The summed E-state index contributed by atoms with van der Waals surface area (Å²) in [7, 11) is 0. The predicted molar refractivity (Wildman–Crippen MR) is 84.7 cm³/mol. The number of carbonyl (C=O) groups excluding carboxylic acids is 1. The molecule has 22 heavy (non-hydrogen) atoms. The van der Waals surface area contributed by atoms with Gasteiger partial charge >= 0.3 is 5.76 Å². The van der Waals surface area contributed by atoms with Crippen molar-refractivity contribution in [1.82, 2.24) is 9.88 Å². The largest absolute Gasteiger partial charge is 0.420 e. The van der Waals surface area contributed by atoms with E-state index < -0.39 is 11.8 Å². The first-order chi connectivity index (χ1) is 10.3. The summed E-state index contributed by atoms with van der Waals surface area (Å²) < 4.78 is 6.76. The lowest BCUT2D eigenvalue weighted by molar-refractivity contribution is -0.124. The van der Waals surface area contributed by atoms with E-state index in [4.69, 9.17) is 4.42 Å². The second kappa shape index (κ2) is 4.87. The van der Waals surface area contributed by atoms with Gasteiger partial charge in [0.2, 0.25) is 5.91 Å². The molecule has 1 N–H and O–H groups in total. The molecular formula is C17H20N2O3. The summed E-state index contributed by atoms with van der Waals surface area (Å²) >= 11 is 0. The predicted octanol–water partition coefficient (Wildman–Crippen LogP) is 2.86. The lowest BCUT2D eigenvalue weighted by Gasteiger charge is -2.24. The Morgan fingerprint density at radius 1 is 1.32 bits per heavy atom. The molecule has 0 bridgehead atoms. The van der Waals surface area contributed by atoms with Crippen molar-refractivity contribution in [1.29, 1.82) is 0 Å². The van der Waals surface area contributed by atoms with Gasteiger partial charge in [-0.1, -0.05) is 33.4 Å². The molecule has 1 aliphatic heterocycles. The van der Waals surface area contributed by atoms with Gasteiger partial charge in [-0.2, -0.15) is 0 Å². The van der Waals surface area contributed by atoms with E-state index in [0.29, 0.717) is 29.6 Å². The summed E-state index contributed by atoms with van der Waals surface area (Å²) in [6.07, 6.45) is 1.22. The normalized spacial score (nSPS) is 19.5. The van der Waals surface area contributed by atoms with Crippen LogP contribution in [0.15, 0.2) is 39.7 Å². The molecule has 2 aromatic rings. The minimum Gasteiger partial charge on any atom is -0.408 e. The summed E-state index contributed by atoms with van der Waals surface area (Å²) in [5, 5.41) is 2.72. The van der Waals surface area contributed by atoms with Crippen molar-refractivity contribution in [3.63, 3.8) is 0 Å². The minimum atomic E-state index is -0.547. The summed E-state index contributed by atoms with van der Waals surface area (Å²) in [4.78, 5) is 24.4. The number of nitrogens with one attached hydrogen (secondary N) is 1. The van der Waals surface area contributed by atoms with Crippen molar-refractivity contribution in [2.75, 3.05) is 0 Å². The van der Waals surface area contributed by atoms with Crippen LogP contribution in [0.2, 0.25) is 0 Å². The van der Waals surface area contributed by atoms with E-state index in [2.05, 4.69) is 32.7 Å². The molecule has 116 valence electrons. The van der Waals surface area contributed by atoms with Crippen LogP contribution in [0, 0.1) is 0 Å². The van der Waals surface area contributed by atoms with E-state index in [0.717, 1.165) is 5.56 Å². The number of hydrogen-bond donors (Lipinski definition) is 1. The van der Waals surface area contributed by atoms with Gasteiger partial charge in [0.05, 0.1) is 5.52 Å². The number of hydrogen-bond acceptors (Lipinski definition) is 3. The first kappa shape index (κ1) is 14.6. The molecule has 0 spiro atoms. The molecule has 1 aromatic heterocycles. The standard InChI is InChI=1S/C17H20N2O3/c1-10-5-7-12(15(20)18-10)19-13-9-11(17(2,3)4)6-8-14(13)22-16(19)21/h6,8-9,12H,1,5,7H2,2-4H3,(H,18,20). The van der Waals surface area contributed by atoms with E-state index in [9.17, 15) is 9.59 Å². The average molecular weight is 300 g/mol. The highest BCUT2D eigenvalue weighted by Crippen LogP contribution is 2.29. The highest BCUT2D eigenvalue weighted by Gasteiger charge is 2.29. The van der Waals surface area contributed by atoms with Crippen LogP contribution < -0.4 is 11.1 Å². The Hall–Kier alpha value is -2.30. The quantitative estimate of drug-likeness (QED) is 0.880. The second-order valence-corrected chi connectivity index (χ2v) is 6.82. The number of fused-ring (bicyclic) bond motifs is 1. The van der Waals surface area contributed by atoms with Gasteiger partial charge in [-0.05, 0) is 36.0 Å². The fourth-order valence-corrected chi connectivity index (χ4v) is 2.80. The van der Waals surface area contributed by atoms with Crippen LogP contribution in [0.5, 0.6) is 0 Å². The Kier molecular flexibility index (Phi) is 3.24. The van der Waals surface area contributed by atoms with Crippen molar-refractivity contribution < 1.29 is 9.21 Å². The zero-order valence-electron chi connectivity index (χ0n) is 13.1. The van der Waals surface area contributed by atoms with Crippen molar-refractivity contribution in [3.05, 3.63) is 46.6 Å². The van der Waals surface area contributed by atoms with Gasteiger partial charge in [-0.3, -0.25) is 9.36 Å². The van der Waals surface area contributed by atoms with Gasteiger partial charge in [0.25, 0.3) is 0 Å². The van der Waals surface area contributed by atoms with Crippen LogP contribution in [-0.4, -0.2) is 10.5 Å². The summed E-state index contributed by atoms with van der Waals surface area (Å²) in [5.74, 6) is -0.698. The lowest BCUT2D eigenvalue weighted by Crippen LogP contribution is -2.39. The fraction of sp³-hybridized carbons (Fsp3) is 0.412. The van der Waals surface area contributed by atoms with E-state index in [1.807, 2.05) is 12.1 Å². The maximum atomic E-state index is 12.2. The molecule has 0 radical (unpaired) electrons. The van der Waals surface area contributed by atoms with Gasteiger partial charge in [0.1, 0.15) is 6.04 Å². The second-order valence-electron chi connectivity index (χ2n) is 6.82. The number of piperidine rings is 1. The Morgan fingerprint density at radius 3 is 2.68 bits per heavy atom. The number of aromatic nitrogens is 1. The molecule has 1 fully saturated rings. The molecule has 1 saturated heterocycles. The van der Waals surface area contributed by atoms with Crippen molar-refractivity contribution in [3.8, 4) is 0 Å². The Balaban J connectivity index is 2.16. The van der Waals surface area contributed by atoms with Crippen LogP contribution in [0.4, 0.5) is 0 Å². The third-order valence-corrected chi connectivity index (χ3v) is 4.11. The molecule has 0 saturated carbocycles. The molecule has 5 heteroatoms. The van der Waals surface area contributed by atoms with E-state index in [-0.39, 0.29) is 11.3 Å². The lowest BCUT2D eigenvalue weighted by atomic mass is 9.87. The van der Waals surface area contributed by atoms with Crippen LogP contribution in [0.25, 0.3) is 11.1 Å². The summed E-state index contributed by atoms with van der Waals surface area (Å²) in [6, 6.07) is 5.15. The van der Waals surface area contributed by atoms with Gasteiger partial charge in [0.15, 0.2) is 5.58 Å². The molecule has 0 aliphatic carbocycles. The molecule has 2 heterocycles. The monoisotopic (exact) mass is 300 g/mol. The van der Waals surface area contributed by atoms with Crippen LogP contribution in [-0.2, 0) is 10.2 Å². The first-order valence-electron chi connectivity index (χ1n) is 7.41. The molecule has 3 rings (SSSR count). The number of oxazole rings is 1. The number of rotatable bonds is 1. The average Bonchev–Trinajstić information content (AvgIpc) is 2.73. The maximum Gasteiger partial charge on any atom is 0.420 e. The highest BCUT2D eigenvalue weighted by molar-refractivity contribution is 5.85. The number of carbonyl (C=O) groups is 1. The topological polar surface area (TPSA) is 64.2 Å². The van der Waals surface area contributed by atoms with E-state index in [1.54, 1.807) is 6.07 Å². The van der Waals surface area contributed by atoms with Crippen molar-refractivity contribution in [2.24, 2.45) is 0 Å². The fourth-order valence-electron chi connectivity index (χ4n) is 2.80. The molecule has 1 amide bonds. The Labute approximate surface area is 128 Å². The number of nitrogens with zero attached hydrogens (tertiary/aromatic N) is 1. The van der Waals surface area contributed by atoms with Gasteiger partial charge < -0.3 is 9.73 Å². The zero-order chi connectivity index (χ0) is 16.1. The summed E-state index contributed by atoms with van der Waals surface area (Å²) in [5.41, 5.74) is 2.92. The van der Waals surface area contributed by atoms with E-state index in [1.165, 1.54) is 4.57 Å². The summed E-state index contributed by atoms with van der Waals surface area (Å²) in [6.45, 7) is 10.1. The molecule has 1 atom stereocenters. The molecule has 1 aromatic carbocycles. The highest BCUT2D eigenvalue weighted by atomic mass is 16.4. The minimum absolute atomic E-state index is 0.0462. The third-order valence-electron chi connectivity index (χ3n) is 4.11. The van der Waals surface area contributed by atoms with Gasteiger partial charge in [-0.25, -0.2) is 4.79 Å². The van der Waals surface area contributed by atoms with Gasteiger partial charge in [0, 0.05) is 5.70 Å². The van der Waals surface area contributed by atoms with Crippen molar-refractivity contribution >= 4 is 17.0 Å². The SMILES string of the molecule is C=C1CCC(n2c(=O)oc3ccc(C(C)(C)C)cc32)C(=O)N1. The van der Waals surface area contributed by atoms with Gasteiger partial charge in [-0.15, -0.1) is 0 Å². The van der Waals surface area contributed by atoms with Crippen LogP contribution >= 0.6 is 0 Å². The smallest absolute Gasteiger partial charge is 0.408 e. The molecule has 5 nitrogen and oxygen atoms in total. The zero-order valence-corrected chi connectivity index (χ0v) is 13.1. The third kappa shape index (κ3) is 2.36. The van der Waals surface area contributed by atoms with Crippen LogP contribution in [0.1, 0.15) is 45.2 Å². The van der Waals surface area contributed by atoms with Crippen LogP contribution in [0.3, 0.4) is 0 Å². The maximum absolute atomic E-state index is 12.2. The number of allylic oxidation sites excluding steroid dienone is 1. The van der Waals surface area contributed by atoms with E-state index >= 15 is 0 Å². The number of benzene rings is 1. The number of amides is 1. The molecular weight excluding hydrogens is 280 g/mol. The molecule has 1 aliphatic rings. The van der Waals surface area contributed by atoms with Crippen molar-refractivity contribution in [2.45, 2.75) is 45.1 Å². The first-order valence-corrected chi connectivity index (χ1v) is 7.41.